The van der Waals surface area contributed by atoms with Crippen molar-refractivity contribution in [1.29, 1.82) is 5.26 Å². The van der Waals surface area contributed by atoms with Crippen molar-refractivity contribution in [2.75, 3.05) is 6.54 Å². The quantitative estimate of drug-likeness (QED) is 0.719. The smallest absolute Gasteiger partial charge is 0.106 e. The second kappa shape index (κ2) is 3.67. The van der Waals surface area contributed by atoms with Crippen molar-refractivity contribution in [1.82, 2.24) is 5.32 Å². The summed E-state index contributed by atoms with van der Waals surface area (Å²) in [5.74, 6) is 0.938. The fourth-order valence-corrected chi connectivity index (χ4v) is 2.40. The second-order valence-corrected chi connectivity index (χ2v) is 4.56. The van der Waals surface area contributed by atoms with Crippen LogP contribution in [0.3, 0.4) is 0 Å². The van der Waals surface area contributed by atoms with Crippen molar-refractivity contribution < 1.29 is 0 Å². The molecule has 2 nitrogen and oxygen atoms in total. The van der Waals surface area contributed by atoms with Crippen LogP contribution in [0.15, 0.2) is 0 Å². The number of nitriles is 1. The van der Waals surface area contributed by atoms with Gasteiger partial charge >= 0.3 is 0 Å². The lowest BCUT2D eigenvalue weighted by Gasteiger charge is -2.29. The van der Waals surface area contributed by atoms with Crippen LogP contribution in [-0.4, -0.2) is 12.1 Å². The Morgan fingerprint density at radius 1 is 1.38 bits per heavy atom. The molecule has 0 spiro atoms. The van der Waals surface area contributed by atoms with Gasteiger partial charge in [-0.05, 0) is 38.1 Å². The van der Waals surface area contributed by atoms with E-state index in [2.05, 4.69) is 11.4 Å². The predicted molar refractivity (Wildman–Crippen MR) is 52.2 cm³/mol. The molecule has 0 aromatic rings. The Bertz CT molecular complexity index is 207. The summed E-state index contributed by atoms with van der Waals surface area (Å²) in [6.07, 6.45) is 8.81. The molecule has 1 saturated heterocycles. The maximum atomic E-state index is 9.11. The van der Waals surface area contributed by atoms with E-state index in [1.807, 2.05) is 0 Å². The summed E-state index contributed by atoms with van der Waals surface area (Å²) >= 11 is 0. The Morgan fingerprint density at radius 3 is 2.69 bits per heavy atom. The molecule has 1 heterocycles. The lowest BCUT2D eigenvalue weighted by atomic mass is 9.79. The van der Waals surface area contributed by atoms with Crippen LogP contribution in [0.2, 0.25) is 0 Å². The lowest BCUT2D eigenvalue weighted by molar-refractivity contribution is 0.264. The van der Waals surface area contributed by atoms with Crippen LogP contribution in [0.5, 0.6) is 0 Å². The van der Waals surface area contributed by atoms with Gasteiger partial charge in [-0.15, -0.1) is 0 Å². The Hall–Kier alpha value is -0.550. The van der Waals surface area contributed by atoms with Crippen LogP contribution < -0.4 is 5.32 Å². The minimum atomic E-state index is -0.143. The highest BCUT2D eigenvalue weighted by atomic mass is 15.0. The van der Waals surface area contributed by atoms with E-state index in [1.165, 1.54) is 32.1 Å². The van der Waals surface area contributed by atoms with E-state index < -0.39 is 0 Å². The molecule has 2 aliphatic rings. The third-order valence-electron chi connectivity index (χ3n) is 3.66. The van der Waals surface area contributed by atoms with Gasteiger partial charge in [-0.2, -0.15) is 5.26 Å². The van der Waals surface area contributed by atoms with Gasteiger partial charge in [-0.25, -0.2) is 0 Å². The van der Waals surface area contributed by atoms with Gasteiger partial charge in [0.05, 0.1) is 6.07 Å². The van der Waals surface area contributed by atoms with Crippen LogP contribution in [0.4, 0.5) is 0 Å². The predicted octanol–water partition coefficient (Wildman–Crippen LogP) is 2.21. The van der Waals surface area contributed by atoms with E-state index in [0.717, 1.165) is 25.3 Å². The maximum absolute atomic E-state index is 9.11. The van der Waals surface area contributed by atoms with Gasteiger partial charge in [-0.1, -0.05) is 19.3 Å². The molecule has 0 amide bonds. The zero-order chi connectivity index (χ0) is 9.15. The molecule has 1 N–H and O–H groups in total. The van der Waals surface area contributed by atoms with Crippen LogP contribution in [0.1, 0.15) is 44.9 Å². The molecule has 0 aromatic heterocycles. The normalized spacial score (nSPS) is 34.1. The van der Waals surface area contributed by atoms with Crippen LogP contribution in [0.25, 0.3) is 0 Å². The first kappa shape index (κ1) is 9.02. The average molecular weight is 178 g/mol. The van der Waals surface area contributed by atoms with Crippen molar-refractivity contribution in [2.45, 2.75) is 50.5 Å². The van der Waals surface area contributed by atoms with E-state index in [0.29, 0.717) is 0 Å². The summed E-state index contributed by atoms with van der Waals surface area (Å²) in [7, 11) is 0. The van der Waals surface area contributed by atoms with E-state index in [4.69, 9.17) is 5.26 Å². The third-order valence-corrected chi connectivity index (χ3v) is 3.66. The fraction of sp³-hybridized carbons (Fsp3) is 0.909. The molecule has 1 aliphatic carbocycles. The minimum absolute atomic E-state index is 0.143. The first-order valence-electron chi connectivity index (χ1n) is 5.51. The highest BCUT2D eigenvalue weighted by molar-refractivity contribution is 5.10. The average Bonchev–Trinajstić information content (AvgIpc) is 2.51. The van der Waals surface area contributed by atoms with Crippen molar-refractivity contribution in [3.8, 4) is 6.07 Å². The molecule has 1 saturated carbocycles. The second-order valence-electron chi connectivity index (χ2n) is 4.56. The summed E-state index contributed by atoms with van der Waals surface area (Å²) in [5, 5.41) is 12.5. The summed E-state index contributed by atoms with van der Waals surface area (Å²) in [4.78, 5) is 0. The Kier molecular flexibility index (Phi) is 2.55. The Balaban J connectivity index is 1.80. The molecule has 0 aromatic carbocycles. The third kappa shape index (κ3) is 1.86. The minimum Gasteiger partial charge on any atom is -0.299 e. The largest absolute Gasteiger partial charge is 0.299 e. The van der Waals surface area contributed by atoms with Crippen LogP contribution in [0, 0.1) is 17.2 Å². The van der Waals surface area contributed by atoms with E-state index in [1.54, 1.807) is 0 Å². The van der Waals surface area contributed by atoms with Gasteiger partial charge < -0.3 is 0 Å². The van der Waals surface area contributed by atoms with E-state index in [9.17, 15) is 0 Å². The molecule has 1 aliphatic heterocycles. The summed E-state index contributed by atoms with van der Waals surface area (Å²) in [6.45, 7) is 1.04. The molecular weight excluding hydrogens is 160 g/mol. The SMILES string of the molecule is N#CC1(CCC2CCC2)CCCN1. The van der Waals surface area contributed by atoms with Crippen LogP contribution in [-0.2, 0) is 0 Å². The molecular formula is C11H18N2. The molecule has 2 rings (SSSR count). The molecule has 2 fully saturated rings. The highest BCUT2D eigenvalue weighted by Crippen LogP contribution is 2.34. The molecule has 1 atom stereocenters. The molecule has 0 bridgehead atoms. The number of nitrogens with one attached hydrogen (secondary N) is 1. The molecule has 1 unspecified atom stereocenters. The molecule has 2 heteroatoms. The van der Waals surface area contributed by atoms with Crippen molar-refractivity contribution in [3.05, 3.63) is 0 Å². The number of rotatable bonds is 3. The van der Waals surface area contributed by atoms with Gasteiger partial charge in [-0.3, -0.25) is 5.32 Å². The number of hydrogen-bond donors (Lipinski definition) is 1. The van der Waals surface area contributed by atoms with E-state index in [-0.39, 0.29) is 5.54 Å². The first-order chi connectivity index (χ1) is 6.35. The van der Waals surface area contributed by atoms with Crippen molar-refractivity contribution in [2.24, 2.45) is 5.92 Å². The zero-order valence-corrected chi connectivity index (χ0v) is 8.18. The molecule has 13 heavy (non-hydrogen) atoms. The monoisotopic (exact) mass is 178 g/mol. The van der Waals surface area contributed by atoms with E-state index >= 15 is 0 Å². The topological polar surface area (TPSA) is 35.8 Å². The Morgan fingerprint density at radius 2 is 2.23 bits per heavy atom. The first-order valence-corrected chi connectivity index (χ1v) is 5.51. The highest BCUT2D eigenvalue weighted by Gasteiger charge is 2.34. The summed E-state index contributed by atoms with van der Waals surface area (Å²) in [5.41, 5.74) is -0.143. The standard InChI is InChI=1S/C11H18N2/c12-9-11(6-2-8-13-11)7-5-10-3-1-4-10/h10,13H,1-8H2. The van der Waals surface area contributed by atoms with Gasteiger partial charge in [0.25, 0.3) is 0 Å². The fourth-order valence-electron chi connectivity index (χ4n) is 2.40. The van der Waals surface area contributed by atoms with Crippen molar-refractivity contribution >= 4 is 0 Å². The maximum Gasteiger partial charge on any atom is 0.106 e. The molecule has 72 valence electrons. The van der Waals surface area contributed by atoms with Gasteiger partial charge in [0.2, 0.25) is 0 Å². The van der Waals surface area contributed by atoms with Crippen LogP contribution >= 0.6 is 0 Å². The Labute approximate surface area is 80.3 Å². The van der Waals surface area contributed by atoms with Crippen molar-refractivity contribution in [3.63, 3.8) is 0 Å². The molecule has 0 radical (unpaired) electrons. The van der Waals surface area contributed by atoms with Gasteiger partial charge in [0, 0.05) is 0 Å². The number of nitrogens with zero attached hydrogens (tertiary/aromatic N) is 1. The van der Waals surface area contributed by atoms with Gasteiger partial charge in [0.15, 0.2) is 0 Å². The summed E-state index contributed by atoms with van der Waals surface area (Å²) in [6, 6.07) is 2.47. The summed E-state index contributed by atoms with van der Waals surface area (Å²) < 4.78 is 0. The zero-order valence-electron chi connectivity index (χ0n) is 8.18. The lowest BCUT2D eigenvalue weighted by Crippen LogP contribution is -2.38. The number of hydrogen-bond acceptors (Lipinski definition) is 2. The van der Waals surface area contributed by atoms with Gasteiger partial charge in [0.1, 0.15) is 5.54 Å².